The third-order valence-corrected chi connectivity index (χ3v) is 3.95. The van der Waals surface area contributed by atoms with Crippen LogP contribution in [0.5, 0.6) is 5.75 Å². The number of carbonyl (C=O) groups is 2. The van der Waals surface area contributed by atoms with Crippen LogP contribution >= 0.6 is 0 Å². The third-order valence-electron chi connectivity index (χ3n) is 3.95. The van der Waals surface area contributed by atoms with Crippen LogP contribution in [0, 0.1) is 6.92 Å². The van der Waals surface area contributed by atoms with Crippen LogP contribution in [0.1, 0.15) is 26.3 Å². The first-order valence-electron chi connectivity index (χ1n) is 7.88. The molecule has 0 bridgehead atoms. The maximum atomic E-state index is 12.8. The molecule has 1 atom stereocenters. The molecule has 23 heavy (non-hydrogen) atoms. The number of rotatable bonds is 3. The predicted molar refractivity (Wildman–Crippen MR) is 89.9 cm³/mol. The number of anilines is 1. The van der Waals surface area contributed by atoms with Crippen LogP contribution in [-0.2, 0) is 4.79 Å². The Kier molecular flexibility index (Phi) is 5.13. The van der Waals surface area contributed by atoms with Crippen molar-refractivity contribution in [1.29, 1.82) is 0 Å². The van der Waals surface area contributed by atoms with E-state index < -0.39 is 6.04 Å². The maximum absolute atomic E-state index is 12.8. The van der Waals surface area contributed by atoms with Gasteiger partial charge in [-0.15, -0.1) is 0 Å². The predicted octanol–water partition coefficient (Wildman–Crippen LogP) is 2.16. The molecule has 1 heterocycles. The number of methoxy groups -OCH3 is 1. The molecule has 1 aromatic carbocycles. The first kappa shape index (κ1) is 17.1. The number of hydrogen-bond acceptors (Lipinski definition) is 3. The second kappa shape index (κ2) is 6.89. The summed E-state index contributed by atoms with van der Waals surface area (Å²) in [5.74, 6) is 0.565. The Labute approximate surface area is 137 Å². The molecule has 1 aliphatic heterocycles. The molecular formula is C17H25N3O3. The molecule has 2 rings (SSSR count). The Morgan fingerprint density at radius 2 is 2.04 bits per heavy atom. The summed E-state index contributed by atoms with van der Waals surface area (Å²) in [5.41, 5.74) is 1.81. The molecule has 0 aromatic heterocycles. The lowest BCUT2D eigenvalue weighted by Gasteiger charge is -2.39. The molecular weight excluding hydrogens is 294 g/mol. The Balaban J connectivity index is 2.22. The van der Waals surface area contributed by atoms with Crippen molar-refractivity contribution in [3.05, 3.63) is 23.8 Å². The molecule has 0 radical (unpaired) electrons. The quantitative estimate of drug-likeness (QED) is 0.928. The number of benzene rings is 1. The van der Waals surface area contributed by atoms with Gasteiger partial charge in [-0.1, -0.05) is 6.07 Å². The minimum absolute atomic E-state index is 0.0414. The van der Waals surface area contributed by atoms with Gasteiger partial charge in [-0.3, -0.25) is 4.79 Å². The average molecular weight is 319 g/mol. The van der Waals surface area contributed by atoms with E-state index in [4.69, 9.17) is 4.74 Å². The van der Waals surface area contributed by atoms with Gasteiger partial charge in [-0.2, -0.15) is 0 Å². The first-order chi connectivity index (χ1) is 10.8. The summed E-state index contributed by atoms with van der Waals surface area (Å²) in [6.45, 7) is 8.48. The number of urea groups is 1. The topological polar surface area (TPSA) is 61.9 Å². The maximum Gasteiger partial charge on any atom is 0.318 e. The van der Waals surface area contributed by atoms with E-state index in [9.17, 15) is 9.59 Å². The Morgan fingerprint density at radius 3 is 2.65 bits per heavy atom. The van der Waals surface area contributed by atoms with Crippen molar-refractivity contribution >= 4 is 17.6 Å². The van der Waals surface area contributed by atoms with Crippen LogP contribution in [0.2, 0.25) is 0 Å². The summed E-state index contributed by atoms with van der Waals surface area (Å²) >= 11 is 0. The van der Waals surface area contributed by atoms with E-state index in [1.54, 1.807) is 23.8 Å². The second-order valence-electron chi connectivity index (χ2n) is 6.14. The highest BCUT2D eigenvalue weighted by Crippen LogP contribution is 2.31. The van der Waals surface area contributed by atoms with Gasteiger partial charge >= 0.3 is 6.03 Å². The molecule has 1 saturated heterocycles. The average Bonchev–Trinajstić information content (AvgIpc) is 2.49. The molecule has 1 aliphatic rings. The van der Waals surface area contributed by atoms with Crippen molar-refractivity contribution in [3.63, 3.8) is 0 Å². The van der Waals surface area contributed by atoms with E-state index in [1.165, 1.54) is 0 Å². The van der Waals surface area contributed by atoms with Gasteiger partial charge in [0.2, 0.25) is 5.91 Å². The van der Waals surface area contributed by atoms with E-state index in [1.807, 2.05) is 39.0 Å². The molecule has 0 unspecified atom stereocenters. The van der Waals surface area contributed by atoms with Gasteiger partial charge in [0.05, 0.1) is 12.8 Å². The van der Waals surface area contributed by atoms with E-state index >= 15 is 0 Å². The molecule has 0 aliphatic carbocycles. The first-order valence-corrected chi connectivity index (χ1v) is 7.88. The number of nitrogens with one attached hydrogen (secondary N) is 1. The van der Waals surface area contributed by atoms with Gasteiger partial charge in [0, 0.05) is 19.1 Å². The van der Waals surface area contributed by atoms with Crippen molar-refractivity contribution in [1.82, 2.24) is 10.2 Å². The highest BCUT2D eigenvalue weighted by atomic mass is 16.5. The van der Waals surface area contributed by atoms with Gasteiger partial charge in [0.15, 0.2) is 0 Å². The van der Waals surface area contributed by atoms with Crippen molar-refractivity contribution in [2.24, 2.45) is 0 Å². The van der Waals surface area contributed by atoms with Crippen LogP contribution in [0.25, 0.3) is 0 Å². The van der Waals surface area contributed by atoms with Crippen molar-refractivity contribution in [2.75, 3.05) is 25.1 Å². The van der Waals surface area contributed by atoms with Gasteiger partial charge in [0.25, 0.3) is 0 Å². The van der Waals surface area contributed by atoms with E-state index in [2.05, 4.69) is 5.32 Å². The number of carbonyl (C=O) groups excluding carboxylic acids is 2. The summed E-state index contributed by atoms with van der Waals surface area (Å²) in [4.78, 5) is 28.2. The normalized spacial score (nSPS) is 18.3. The number of amides is 3. The fourth-order valence-corrected chi connectivity index (χ4v) is 2.73. The van der Waals surface area contributed by atoms with Crippen LogP contribution in [0.3, 0.4) is 0 Å². The monoisotopic (exact) mass is 319 g/mol. The number of ether oxygens (including phenoxy) is 1. The Bertz CT molecular complexity index is 601. The third kappa shape index (κ3) is 3.57. The lowest BCUT2D eigenvalue weighted by atomic mass is 10.1. The number of nitrogens with zero attached hydrogens (tertiary/aromatic N) is 2. The molecule has 126 valence electrons. The lowest BCUT2D eigenvalue weighted by molar-refractivity contribution is -0.124. The van der Waals surface area contributed by atoms with Crippen molar-refractivity contribution in [3.8, 4) is 5.75 Å². The SMILES string of the molecule is COc1ccc(C)cc1N1CCN(C(=O)NC(C)C)[C@@H](C)C1=O. The highest BCUT2D eigenvalue weighted by molar-refractivity contribution is 6.01. The Hall–Kier alpha value is -2.24. The van der Waals surface area contributed by atoms with Crippen molar-refractivity contribution < 1.29 is 14.3 Å². The van der Waals surface area contributed by atoms with Gasteiger partial charge < -0.3 is 19.9 Å². The molecule has 3 amide bonds. The van der Waals surface area contributed by atoms with Crippen molar-refractivity contribution in [2.45, 2.75) is 39.8 Å². The zero-order valence-electron chi connectivity index (χ0n) is 14.4. The lowest BCUT2D eigenvalue weighted by Crippen LogP contribution is -2.60. The molecule has 1 fully saturated rings. The molecule has 0 spiro atoms. The van der Waals surface area contributed by atoms with Crippen LogP contribution < -0.4 is 15.0 Å². The molecule has 1 aromatic rings. The standard InChI is InChI=1S/C17H25N3O3/c1-11(2)18-17(22)19-8-9-20(16(21)13(19)4)14-10-12(3)6-7-15(14)23-5/h6-7,10-11,13H,8-9H2,1-5H3,(H,18,22)/t13-/m0/s1. The van der Waals surface area contributed by atoms with Gasteiger partial charge in [-0.25, -0.2) is 4.79 Å². The van der Waals surface area contributed by atoms with Gasteiger partial charge in [0.1, 0.15) is 11.8 Å². The van der Waals surface area contributed by atoms with Crippen LogP contribution in [0.4, 0.5) is 10.5 Å². The summed E-state index contributed by atoms with van der Waals surface area (Å²) in [6, 6.07) is 5.08. The number of aryl methyl sites for hydroxylation is 1. The minimum atomic E-state index is -0.507. The molecule has 1 N–H and O–H groups in total. The molecule has 6 nitrogen and oxygen atoms in total. The smallest absolute Gasteiger partial charge is 0.318 e. The largest absolute Gasteiger partial charge is 0.495 e. The summed E-state index contributed by atoms with van der Waals surface area (Å²) in [5, 5.41) is 2.84. The zero-order valence-corrected chi connectivity index (χ0v) is 14.4. The van der Waals surface area contributed by atoms with Crippen LogP contribution in [-0.4, -0.2) is 49.1 Å². The molecule has 6 heteroatoms. The van der Waals surface area contributed by atoms with E-state index in [0.717, 1.165) is 11.3 Å². The summed E-state index contributed by atoms with van der Waals surface area (Å²) < 4.78 is 5.38. The number of hydrogen-bond donors (Lipinski definition) is 1. The minimum Gasteiger partial charge on any atom is -0.495 e. The summed E-state index contributed by atoms with van der Waals surface area (Å²) in [6.07, 6.45) is 0. The second-order valence-corrected chi connectivity index (χ2v) is 6.14. The summed E-state index contributed by atoms with van der Waals surface area (Å²) in [7, 11) is 1.59. The number of piperazine rings is 1. The molecule has 0 saturated carbocycles. The Morgan fingerprint density at radius 1 is 1.35 bits per heavy atom. The fourth-order valence-electron chi connectivity index (χ4n) is 2.73. The zero-order chi connectivity index (χ0) is 17.1. The fraction of sp³-hybridized carbons (Fsp3) is 0.529. The van der Waals surface area contributed by atoms with Crippen LogP contribution in [0.15, 0.2) is 18.2 Å². The van der Waals surface area contributed by atoms with E-state index in [-0.39, 0.29) is 18.0 Å². The highest BCUT2D eigenvalue weighted by Gasteiger charge is 2.36. The van der Waals surface area contributed by atoms with Gasteiger partial charge in [-0.05, 0) is 45.4 Å². The van der Waals surface area contributed by atoms with E-state index in [0.29, 0.717) is 18.8 Å².